The van der Waals surface area contributed by atoms with Crippen LogP contribution < -0.4 is 10.9 Å². The Morgan fingerprint density at radius 1 is 1.35 bits per heavy atom. The average Bonchev–Trinajstić information content (AvgIpc) is 3.11. The summed E-state index contributed by atoms with van der Waals surface area (Å²) < 4.78 is 6.74. The molecular weight excluding hydrogens is 334 g/mol. The third kappa shape index (κ3) is 3.11. The van der Waals surface area contributed by atoms with E-state index < -0.39 is 11.5 Å². The molecule has 0 saturated carbocycles. The van der Waals surface area contributed by atoms with E-state index in [1.807, 2.05) is 19.1 Å². The lowest BCUT2D eigenvalue weighted by atomic mass is 9.97. The first kappa shape index (κ1) is 16.5. The summed E-state index contributed by atoms with van der Waals surface area (Å²) in [7, 11) is 0. The summed E-state index contributed by atoms with van der Waals surface area (Å²) in [5.74, 6) is 0.214. The van der Waals surface area contributed by atoms with Crippen molar-refractivity contribution < 1.29 is 9.53 Å². The van der Waals surface area contributed by atoms with Crippen molar-refractivity contribution in [1.82, 2.24) is 19.6 Å². The number of amides is 1. The molecule has 3 aromatic heterocycles. The van der Waals surface area contributed by atoms with Gasteiger partial charge in [-0.15, -0.1) is 0 Å². The highest BCUT2D eigenvalue weighted by Crippen LogP contribution is 2.26. The summed E-state index contributed by atoms with van der Waals surface area (Å²) in [6.45, 7) is 3.33. The van der Waals surface area contributed by atoms with Crippen molar-refractivity contribution in [1.29, 1.82) is 0 Å². The molecule has 2 N–H and O–H groups in total. The van der Waals surface area contributed by atoms with Gasteiger partial charge < -0.3 is 10.1 Å². The number of fused-ring (bicyclic) bond motifs is 1. The standard InChI is InChI=1S/C18H19N5O3/c1-11-2-3-16-19-9-13(18(25)23(16)10-11)17(24)20-15-8-14(21-22-15)12-4-6-26-7-5-12/h2-3,8-10,12H,4-7H2,1H3,(H2,20,21,22,24). The topological polar surface area (TPSA) is 101 Å². The van der Waals surface area contributed by atoms with Crippen molar-refractivity contribution in [3.63, 3.8) is 0 Å². The van der Waals surface area contributed by atoms with Crippen molar-refractivity contribution in [3.05, 3.63) is 57.8 Å². The molecule has 1 saturated heterocycles. The van der Waals surface area contributed by atoms with Crippen molar-refractivity contribution in [2.75, 3.05) is 18.5 Å². The van der Waals surface area contributed by atoms with Gasteiger partial charge in [0.25, 0.3) is 11.5 Å². The molecule has 1 fully saturated rings. The van der Waals surface area contributed by atoms with Crippen LogP contribution >= 0.6 is 0 Å². The largest absolute Gasteiger partial charge is 0.381 e. The summed E-state index contributed by atoms with van der Waals surface area (Å²) in [6.07, 6.45) is 4.81. The number of hydrogen-bond donors (Lipinski definition) is 2. The van der Waals surface area contributed by atoms with Gasteiger partial charge in [-0.05, 0) is 31.4 Å². The number of nitrogens with zero attached hydrogens (tertiary/aromatic N) is 3. The van der Waals surface area contributed by atoms with E-state index in [2.05, 4.69) is 20.5 Å². The SMILES string of the molecule is Cc1ccc2ncc(C(=O)Nc3cc(C4CCOCC4)[nH]n3)c(=O)n2c1. The second-order valence-electron chi connectivity index (χ2n) is 6.46. The zero-order chi connectivity index (χ0) is 18.1. The molecule has 0 bridgehead atoms. The Morgan fingerprint density at radius 2 is 2.15 bits per heavy atom. The molecule has 8 nitrogen and oxygen atoms in total. The van der Waals surface area contributed by atoms with Crippen LogP contribution in [0, 0.1) is 6.92 Å². The number of aromatic amines is 1. The molecule has 134 valence electrons. The van der Waals surface area contributed by atoms with Crippen LogP contribution in [0.5, 0.6) is 0 Å². The van der Waals surface area contributed by atoms with Gasteiger partial charge in [-0.25, -0.2) is 4.98 Å². The Kier molecular flexibility index (Phi) is 4.26. The molecular formula is C18H19N5O3. The number of hydrogen-bond acceptors (Lipinski definition) is 5. The third-order valence-corrected chi connectivity index (χ3v) is 4.60. The quantitative estimate of drug-likeness (QED) is 0.748. The Morgan fingerprint density at radius 3 is 2.96 bits per heavy atom. The highest BCUT2D eigenvalue weighted by Gasteiger charge is 2.20. The van der Waals surface area contributed by atoms with Crippen LogP contribution in [0.4, 0.5) is 5.82 Å². The smallest absolute Gasteiger partial charge is 0.270 e. The molecule has 3 aromatic rings. The molecule has 1 aliphatic heterocycles. The molecule has 0 spiro atoms. The molecule has 0 aliphatic carbocycles. The number of aromatic nitrogens is 4. The number of aryl methyl sites for hydroxylation is 1. The highest BCUT2D eigenvalue weighted by atomic mass is 16.5. The van der Waals surface area contributed by atoms with E-state index in [9.17, 15) is 9.59 Å². The third-order valence-electron chi connectivity index (χ3n) is 4.60. The average molecular weight is 353 g/mol. The van der Waals surface area contributed by atoms with Crippen molar-refractivity contribution in [2.24, 2.45) is 0 Å². The van der Waals surface area contributed by atoms with E-state index >= 15 is 0 Å². The Balaban J connectivity index is 1.57. The number of nitrogens with one attached hydrogen (secondary N) is 2. The fourth-order valence-electron chi connectivity index (χ4n) is 3.14. The lowest BCUT2D eigenvalue weighted by Crippen LogP contribution is -2.26. The highest BCUT2D eigenvalue weighted by molar-refractivity contribution is 6.03. The number of H-pyrrole nitrogens is 1. The fourth-order valence-corrected chi connectivity index (χ4v) is 3.14. The normalized spacial score (nSPS) is 15.3. The first-order valence-electron chi connectivity index (χ1n) is 8.54. The minimum Gasteiger partial charge on any atom is -0.381 e. The minimum absolute atomic E-state index is 0.0243. The zero-order valence-electron chi connectivity index (χ0n) is 14.4. The van der Waals surface area contributed by atoms with Gasteiger partial charge in [-0.1, -0.05) is 6.07 Å². The van der Waals surface area contributed by atoms with Gasteiger partial charge in [0.1, 0.15) is 11.2 Å². The van der Waals surface area contributed by atoms with Crippen LogP contribution in [-0.2, 0) is 4.74 Å². The molecule has 0 aromatic carbocycles. The molecule has 0 atom stereocenters. The number of carbonyl (C=O) groups excluding carboxylic acids is 1. The summed E-state index contributed by atoms with van der Waals surface area (Å²) in [6, 6.07) is 5.42. The second-order valence-corrected chi connectivity index (χ2v) is 6.46. The van der Waals surface area contributed by atoms with E-state index in [1.54, 1.807) is 12.3 Å². The number of ether oxygens (including phenoxy) is 1. The molecule has 1 aliphatic rings. The second kappa shape index (κ2) is 6.72. The zero-order valence-corrected chi connectivity index (χ0v) is 14.4. The van der Waals surface area contributed by atoms with Gasteiger partial charge in [0.15, 0.2) is 5.82 Å². The molecule has 1 amide bonds. The number of pyridine rings is 1. The maximum absolute atomic E-state index is 12.6. The lowest BCUT2D eigenvalue weighted by Gasteiger charge is -2.20. The van der Waals surface area contributed by atoms with Crippen LogP contribution in [0.25, 0.3) is 5.65 Å². The monoisotopic (exact) mass is 353 g/mol. The number of rotatable bonds is 3. The molecule has 0 radical (unpaired) electrons. The summed E-state index contributed by atoms with van der Waals surface area (Å²) >= 11 is 0. The van der Waals surface area contributed by atoms with E-state index in [4.69, 9.17) is 4.74 Å². The Labute approximate surface area is 149 Å². The molecule has 4 heterocycles. The predicted molar refractivity (Wildman–Crippen MR) is 95.5 cm³/mol. The van der Waals surface area contributed by atoms with Gasteiger partial charge in [0, 0.05) is 43.3 Å². The molecule has 4 rings (SSSR count). The Bertz CT molecular complexity index is 1020. The van der Waals surface area contributed by atoms with Gasteiger partial charge in [0.05, 0.1) is 0 Å². The first-order valence-corrected chi connectivity index (χ1v) is 8.54. The van der Waals surface area contributed by atoms with Gasteiger partial charge >= 0.3 is 0 Å². The van der Waals surface area contributed by atoms with E-state index in [0.717, 1.165) is 37.3 Å². The first-order chi connectivity index (χ1) is 12.6. The number of anilines is 1. The summed E-state index contributed by atoms with van der Waals surface area (Å²) in [5.41, 5.74) is 1.94. The molecule has 8 heteroatoms. The summed E-state index contributed by atoms with van der Waals surface area (Å²) in [4.78, 5) is 29.3. The van der Waals surface area contributed by atoms with Crippen LogP contribution in [0.2, 0.25) is 0 Å². The van der Waals surface area contributed by atoms with Gasteiger partial charge in [-0.2, -0.15) is 5.10 Å². The van der Waals surface area contributed by atoms with E-state index in [1.165, 1.54) is 10.6 Å². The maximum atomic E-state index is 12.6. The fraction of sp³-hybridized carbons (Fsp3) is 0.333. The van der Waals surface area contributed by atoms with Crippen molar-refractivity contribution >= 4 is 17.4 Å². The van der Waals surface area contributed by atoms with Crippen LogP contribution in [0.3, 0.4) is 0 Å². The van der Waals surface area contributed by atoms with Crippen LogP contribution in [-0.4, -0.2) is 38.7 Å². The minimum atomic E-state index is -0.525. The lowest BCUT2D eigenvalue weighted by molar-refractivity contribution is 0.0845. The predicted octanol–water partition coefficient (Wildman–Crippen LogP) is 1.87. The van der Waals surface area contributed by atoms with Crippen LogP contribution in [0.1, 0.15) is 40.4 Å². The number of carbonyl (C=O) groups is 1. The van der Waals surface area contributed by atoms with E-state index in [0.29, 0.717) is 17.4 Å². The Hall–Kier alpha value is -3.00. The molecule has 0 unspecified atom stereocenters. The molecule has 26 heavy (non-hydrogen) atoms. The van der Waals surface area contributed by atoms with Gasteiger partial charge in [-0.3, -0.25) is 19.1 Å². The van der Waals surface area contributed by atoms with Crippen LogP contribution in [0.15, 0.2) is 35.4 Å². The van der Waals surface area contributed by atoms with Crippen molar-refractivity contribution in [2.45, 2.75) is 25.7 Å². The van der Waals surface area contributed by atoms with Crippen molar-refractivity contribution in [3.8, 4) is 0 Å². The summed E-state index contributed by atoms with van der Waals surface area (Å²) in [5, 5.41) is 9.77. The maximum Gasteiger partial charge on any atom is 0.270 e. The van der Waals surface area contributed by atoms with Gasteiger partial charge in [0.2, 0.25) is 0 Å². The van der Waals surface area contributed by atoms with E-state index in [-0.39, 0.29) is 5.56 Å².